The minimum atomic E-state index is -0.116. The number of ketones is 2. The number of phenolic OH excluding ortho intramolecular Hbond substituents is 1. The molecule has 0 aliphatic carbocycles. The molecule has 0 bridgehead atoms. The molecule has 0 radical (unpaired) electrons. The second-order valence-corrected chi connectivity index (χ2v) is 8.92. The van der Waals surface area contributed by atoms with Gasteiger partial charge in [0.05, 0.1) is 32.8 Å². The van der Waals surface area contributed by atoms with E-state index in [1.807, 2.05) is 6.07 Å². The predicted octanol–water partition coefficient (Wildman–Crippen LogP) is 5.61. The van der Waals surface area contributed by atoms with Crippen molar-refractivity contribution in [1.29, 1.82) is 0 Å². The number of hydrogen-bond acceptors (Lipinski definition) is 8. The van der Waals surface area contributed by atoms with Crippen molar-refractivity contribution in [2.75, 3.05) is 26.2 Å². The van der Waals surface area contributed by atoms with Crippen molar-refractivity contribution in [3.8, 4) is 23.0 Å². The van der Waals surface area contributed by atoms with Crippen molar-refractivity contribution in [2.24, 2.45) is 0 Å². The Morgan fingerprint density at radius 3 is 1.56 bits per heavy atom. The molecule has 216 valence electrons. The lowest BCUT2D eigenvalue weighted by atomic mass is 10.1. The second kappa shape index (κ2) is 18.2. The van der Waals surface area contributed by atoms with Crippen LogP contribution in [0.1, 0.15) is 31.8 Å². The summed E-state index contributed by atoms with van der Waals surface area (Å²) in [4.78, 5) is 23.2. The normalized spacial score (nSPS) is 9.78. The Morgan fingerprint density at radius 2 is 1.12 bits per heavy atom. The number of methoxy groups -OCH3 is 2. The first-order valence-corrected chi connectivity index (χ1v) is 13.6. The summed E-state index contributed by atoms with van der Waals surface area (Å²) in [5.74, 6) is 2.12. The van der Waals surface area contributed by atoms with Gasteiger partial charge in [-0.1, -0.05) is 64.5 Å². The number of carbonyl (C=O) groups excluding carboxylic acids is 2. The lowest BCUT2D eigenvalue weighted by Crippen LogP contribution is -2.11. The number of carbonyl (C=O) groups is 2. The van der Waals surface area contributed by atoms with Crippen molar-refractivity contribution >= 4 is 27.5 Å². The number of aliphatic hydroxyl groups is 2. The van der Waals surface area contributed by atoms with Crippen LogP contribution in [0.3, 0.4) is 0 Å². The fourth-order valence-corrected chi connectivity index (χ4v) is 3.52. The molecule has 0 aliphatic rings. The fraction of sp³-hybridized carbons (Fsp3) is 0.188. The zero-order valence-electron chi connectivity index (χ0n) is 22.8. The number of rotatable bonds is 10. The number of aromatic hydroxyl groups is 1. The molecule has 4 aromatic rings. The number of ether oxygens (including phenoxy) is 3. The monoisotopic (exact) mass is 624 g/mol. The van der Waals surface area contributed by atoms with Crippen LogP contribution in [0.25, 0.3) is 0 Å². The third kappa shape index (κ3) is 11.8. The van der Waals surface area contributed by atoms with Gasteiger partial charge >= 0.3 is 0 Å². The van der Waals surface area contributed by atoms with Gasteiger partial charge in [0, 0.05) is 11.1 Å². The van der Waals surface area contributed by atoms with Gasteiger partial charge in [-0.25, -0.2) is 0 Å². The van der Waals surface area contributed by atoms with E-state index in [0.717, 1.165) is 11.1 Å². The fourth-order valence-electron chi connectivity index (χ4n) is 3.19. The molecule has 0 amide bonds. The van der Waals surface area contributed by atoms with Crippen LogP contribution < -0.4 is 14.2 Å². The Labute approximate surface area is 247 Å². The molecule has 0 atom stereocenters. The molecule has 0 aromatic heterocycles. The van der Waals surface area contributed by atoms with Crippen molar-refractivity contribution in [1.82, 2.24) is 0 Å². The standard InChI is InChI=1S/C16H16O4.C9H9BrO2.C7H8O2/c1-19-15-4-2-3-13(9-15)16(18)11-20-14-7-5-12(10-17)6-8-14;1-12-8-4-2-3-7(5-8)9(11)6-10;8-5-6-1-3-7(9)4-2-6/h2-9,17H,10-11H2,1H3;2-5H,6H2,1H3;1-4,8-9H,5H2. The molecule has 0 saturated carbocycles. The van der Waals surface area contributed by atoms with Gasteiger partial charge in [-0.3, -0.25) is 9.59 Å². The number of aliphatic hydroxyl groups excluding tert-OH is 2. The highest BCUT2D eigenvalue weighted by molar-refractivity contribution is 9.09. The highest BCUT2D eigenvalue weighted by Gasteiger charge is 2.08. The molecule has 8 nitrogen and oxygen atoms in total. The van der Waals surface area contributed by atoms with Crippen molar-refractivity contribution in [2.45, 2.75) is 13.2 Å². The number of hydrogen-bond donors (Lipinski definition) is 3. The lowest BCUT2D eigenvalue weighted by Gasteiger charge is -2.07. The molecule has 0 spiro atoms. The number of Topliss-reactive ketones (excluding diaryl/α,β-unsaturated/α-hetero) is 2. The van der Waals surface area contributed by atoms with Crippen molar-refractivity contribution < 1.29 is 39.1 Å². The largest absolute Gasteiger partial charge is 0.508 e. The van der Waals surface area contributed by atoms with Gasteiger partial charge in [-0.05, 0) is 59.7 Å². The summed E-state index contributed by atoms with van der Waals surface area (Å²) < 4.78 is 15.5. The maximum Gasteiger partial charge on any atom is 0.200 e. The smallest absolute Gasteiger partial charge is 0.200 e. The van der Waals surface area contributed by atoms with Crippen LogP contribution in [-0.4, -0.2) is 53.0 Å². The molecule has 4 aromatic carbocycles. The van der Waals surface area contributed by atoms with E-state index in [9.17, 15) is 9.59 Å². The molecule has 0 fully saturated rings. The maximum atomic E-state index is 12.0. The molecular formula is C32H33BrO8. The zero-order chi connectivity index (χ0) is 30.0. The quantitative estimate of drug-likeness (QED) is 0.154. The minimum absolute atomic E-state index is 0.0109. The summed E-state index contributed by atoms with van der Waals surface area (Å²) in [6, 6.07) is 27.5. The first kappa shape index (κ1) is 33.0. The van der Waals surface area contributed by atoms with Gasteiger partial charge in [-0.15, -0.1) is 0 Å². The van der Waals surface area contributed by atoms with Gasteiger partial charge in [0.15, 0.2) is 18.2 Å². The van der Waals surface area contributed by atoms with Gasteiger partial charge in [0.2, 0.25) is 0 Å². The first-order chi connectivity index (χ1) is 19.8. The third-order valence-electron chi connectivity index (χ3n) is 5.50. The Balaban J connectivity index is 0.000000237. The zero-order valence-corrected chi connectivity index (χ0v) is 24.4. The average molecular weight is 626 g/mol. The van der Waals surface area contributed by atoms with Crippen LogP contribution in [0.5, 0.6) is 23.0 Å². The third-order valence-corrected chi connectivity index (χ3v) is 6.01. The summed E-state index contributed by atoms with van der Waals surface area (Å²) in [7, 11) is 3.14. The van der Waals surface area contributed by atoms with E-state index in [1.54, 1.807) is 105 Å². The van der Waals surface area contributed by atoms with Gasteiger partial charge < -0.3 is 29.5 Å². The van der Waals surface area contributed by atoms with E-state index < -0.39 is 0 Å². The van der Waals surface area contributed by atoms with E-state index in [2.05, 4.69) is 15.9 Å². The maximum absolute atomic E-state index is 12.0. The van der Waals surface area contributed by atoms with Crippen LogP contribution >= 0.6 is 15.9 Å². The highest BCUT2D eigenvalue weighted by Crippen LogP contribution is 2.16. The average Bonchev–Trinajstić information content (AvgIpc) is 3.04. The Hall–Kier alpha value is -4.18. The van der Waals surface area contributed by atoms with Gasteiger partial charge in [0.1, 0.15) is 23.0 Å². The number of benzene rings is 4. The van der Waals surface area contributed by atoms with E-state index in [4.69, 9.17) is 29.5 Å². The van der Waals surface area contributed by atoms with Crippen LogP contribution in [0.2, 0.25) is 0 Å². The van der Waals surface area contributed by atoms with Crippen molar-refractivity contribution in [3.63, 3.8) is 0 Å². The Bertz CT molecular complexity index is 1350. The minimum Gasteiger partial charge on any atom is -0.508 e. The summed E-state index contributed by atoms with van der Waals surface area (Å²) >= 11 is 3.11. The van der Waals surface area contributed by atoms with Crippen LogP contribution in [0.15, 0.2) is 97.1 Å². The molecule has 0 aliphatic heterocycles. The molecule has 3 N–H and O–H groups in total. The van der Waals surface area contributed by atoms with E-state index >= 15 is 0 Å². The Morgan fingerprint density at radius 1 is 0.659 bits per heavy atom. The van der Waals surface area contributed by atoms with Crippen LogP contribution in [0.4, 0.5) is 0 Å². The molecule has 0 saturated heterocycles. The number of alkyl halides is 1. The SMILES string of the molecule is COc1cccc(C(=O)CBr)c1.COc1cccc(C(=O)COc2ccc(CO)cc2)c1.OCc1ccc(O)cc1. The first-order valence-electron chi connectivity index (χ1n) is 12.4. The van der Waals surface area contributed by atoms with E-state index in [-0.39, 0.29) is 37.1 Å². The van der Waals surface area contributed by atoms with E-state index in [1.165, 1.54) is 0 Å². The molecule has 0 unspecified atom stereocenters. The van der Waals surface area contributed by atoms with Crippen LogP contribution in [-0.2, 0) is 13.2 Å². The van der Waals surface area contributed by atoms with Gasteiger partial charge in [0.25, 0.3) is 0 Å². The molecule has 41 heavy (non-hydrogen) atoms. The topological polar surface area (TPSA) is 123 Å². The predicted molar refractivity (Wildman–Crippen MR) is 160 cm³/mol. The second-order valence-electron chi connectivity index (χ2n) is 8.36. The van der Waals surface area contributed by atoms with Gasteiger partial charge in [-0.2, -0.15) is 0 Å². The molecule has 4 rings (SSSR count). The summed E-state index contributed by atoms with van der Waals surface area (Å²) in [5.41, 5.74) is 2.84. The summed E-state index contributed by atoms with van der Waals surface area (Å²) in [5, 5.41) is 26.6. The number of phenols is 1. The summed E-state index contributed by atoms with van der Waals surface area (Å²) in [6.07, 6.45) is 0. The van der Waals surface area contributed by atoms with Crippen LogP contribution in [0, 0.1) is 0 Å². The highest BCUT2D eigenvalue weighted by atomic mass is 79.9. The molecular weight excluding hydrogens is 592 g/mol. The van der Waals surface area contributed by atoms with Crippen molar-refractivity contribution in [3.05, 3.63) is 119 Å². The Kier molecular flexibility index (Phi) is 14.7. The summed E-state index contributed by atoms with van der Waals surface area (Å²) in [6.45, 7) is -0.0189. The van der Waals surface area contributed by atoms with E-state index in [0.29, 0.717) is 33.7 Å². The number of halogens is 1. The lowest BCUT2D eigenvalue weighted by molar-refractivity contribution is 0.0920. The molecule has 9 heteroatoms. The molecule has 0 heterocycles.